The monoisotopic (exact) mass is 152 g/mol. The van der Waals surface area contributed by atoms with Crippen molar-refractivity contribution in [2.45, 2.75) is 45.4 Å². The summed E-state index contributed by atoms with van der Waals surface area (Å²) in [5.74, 6) is 0. The Bertz CT molecular complexity index is 175. The highest BCUT2D eigenvalue weighted by Gasteiger charge is 2.48. The first-order valence-corrected chi connectivity index (χ1v) is 4.65. The van der Waals surface area contributed by atoms with Crippen molar-refractivity contribution in [2.24, 2.45) is 10.8 Å². The number of hydrogen-bond acceptors (Lipinski definition) is 1. The largest absolute Gasteiger partial charge is 0.303 e. The van der Waals surface area contributed by atoms with Gasteiger partial charge in [-0.05, 0) is 37.5 Å². The summed E-state index contributed by atoms with van der Waals surface area (Å²) in [4.78, 5) is 10.7. The highest BCUT2D eigenvalue weighted by molar-refractivity contribution is 5.63. The predicted octanol–water partition coefficient (Wildman–Crippen LogP) is 2.55. The Hall–Kier alpha value is -0.330. The van der Waals surface area contributed by atoms with E-state index in [2.05, 4.69) is 6.92 Å². The van der Waals surface area contributed by atoms with Crippen molar-refractivity contribution in [3.63, 3.8) is 0 Å². The summed E-state index contributed by atoms with van der Waals surface area (Å²) in [5, 5.41) is 0. The van der Waals surface area contributed by atoms with Crippen LogP contribution in [0, 0.1) is 10.8 Å². The zero-order valence-electron chi connectivity index (χ0n) is 7.23. The summed E-state index contributed by atoms with van der Waals surface area (Å²) in [5.41, 5.74) is 0.687. The Morgan fingerprint density at radius 3 is 2.18 bits per heavy atom. The molecule has 0 heterocycles. The third-order valence-electron chi connectivity index (χ3n) is 3.48. The van der Waals surface area contributed by atoms with Gasteiger partial charge in [-0.2, -0.15) is 0 Å². The molecule has 0 spiro atoms. The van der Waals surface area contributed by atoms with Crippen LogP contribution in [0.1, 0.15) is 45.4 Å². The molecule has 2 rings (SSSR count). The summed E-state index contributed by atoms with van der Waals surface area (Å²) in [6, 6.07) is 0. The maximum Gasteiger partial charge on any atom is 0.126 e. The molecular weight excluding hydrogens is 136 g/mol. The van der Waals surface area contributed by atoms with E-state index in [1.165, 1.54) is 32.0 Å². The van der Waals surface area contributed by atoms with Crippen LogP contribution in [0.25, 0.3) is 0 Å². The molecule has 0 aromatic rings. The molecule has 11 heavy (non-hydrogen) atoms. The van der Waals surface area contributed by atoms with Crippen LogP contribution in [0.3, 0.4) is 0 Å². The van der Waals surface area contributed by atoms with Crippen molar-refractivity contribution in [1.29, 1.82) is 0 Å². The van der Waals surface area contributed by atoms with Crippen LogP contribution < -0.4 is 0 Å². The molecule has 2 fully saturated rings. The van der Waals surface area contributed by atoms with E-state index in [0.29, 0.717) is 5.41 Å². The first kappa shape index (κ1) is 7.33. The van der Waals surface area contributed by atoms with Gasteiger partial charge in [-0.1, -0.05) is 13.3 Å². The number of carbonyl (C=O) groups is 1. The fourth-order valence-electron chi connectivity index (χ4n) is 2.30. The van der Waals surface area contributed by atoms with Crippen LogP contribution in [0.2, 0.25) is 0 Å². The van der Waals surface area contributed by atoms with Gasteiger partial charge in [-0.3, -0.25) is 0 Å². The molecule has 0 aliphatic heterocycles. The third-order valence-corrected chi connectivity index (χ3v) is 3.48. The quantitative estimate of drug-likeness (QED) is 0.568. The molecule has 0 aromatic carbocycles. The smallest absolute Gasteiger partial charge is 0.126 e. The highest BCUT2D eigenvalue weighted by atomic mass is 16.1. The van der Waals surface area contributed by atoms with Crippen molar-refractivity contribution in [2.75, 3.05) is 0 Å². The Labute approximate surface area is 68.2 Å². The van der Waals surface area contributed by atoms with Crippen LogP contribution in [-0.4, -0.2) is 6.29 Å². The number of aldehydes is 1. The number of carbonyl (C=O) groups excluding carboxylic acids is 1. The minimum absolute atomic E-state index is 0.148. The van der Waals surface area contributed by atoms with E-state index >= 15 is 0 Å². The van der Waals surface area contributed by atoms with E-state index in [-0.39, 0.29) is 5.41 Å². The Morgan fingerprint density at radius 1 is 1.27 bits per heavy atom. The predicted molar refractivity (Wildman–Crippen MR) is 44.3 cm³/mol. The van der Waals surface area contributed by atoms with Crippen molar-refractivity contribution < 1.29 is 4.79 Å². The molecule has 1 heteroatoms. The van der Waals surface area contributed by atoms with Gasteiger partial charge in [0.2, 0.25) is 0 Å². The van der Waals surface area contributed by atoms with E-state index in [0.717, 1.165) is 12.8 Å². The summed E-state index contributed by atoms with van der Waals surface area (Å²) in [6.07, 6.45) is 8.77. The normalized spacial score (nSPS) is 30.6. The topological polar surface area (TPSA) is 17.1 Å². The van der Waals surface area contributed by atoms with Gasteiger partial charge in [0, 0.05) is 5.41 Å². The highest BCUT2D eigenvalue weighted by Crippen LogP contribution is 2.57. The molecular formula is C10H16O. The lowest BCUT2D eigenvalue weighted by molar-refractivity contribution is -0.113. The van der Waals surface area contributed by atoms with Gasteiger partial charge in [0.1, 0.15) is 6.29 Å². The second kappa shape index (κ2) is 2.09. The Morgan fingerprint density at radius 2 is 1.91 bits per heavy atom. The second-order valence-electron chi connectivity index (χ2n) is 4.82. The average Bonchev–Trinajstić information content (AvgIpc) is 2.67. The van der Waals surface area contributed by atoms with Gasteiger partial charge < -0.3 is 4.79 Å². The fourth-order valence-corrected chi connectivity index (χ4v) is 2.30. The first-order valence-electron chi connectivity index (χ1n) is 4.65. The zero-order chi connectivity index (χ0) is 7.95. The molecule has 1 nitrogen and oxygen atoms in total. The molecule has 0 unspecified atom stereocenters. The fraction of sp³-hybridized carbons (Fsp3) is 0.900. The maximum atomic E-state index is 10.7. The molecule has 0 amide bonds. The minimum atomic E-state index is 0.148. The Kier molecular flexibility index (Phi) is 1.39. The SMILES string of the molecule is CC1(CC2(C=O)CC2)CCC1. The lowest BCUT2D eigenvalue weighted by atomic mass is 9.65. The molecule has 2 aliphatic carbocycles. The van der Waals surface area contributed by atoms with Gasteiger partial charge in [-0.25, -0.2) is 0 Å². The van der Waals surface area contributed by atoms with Crippen LogP contribution >= 0.6 is 0 Å². The van der Waals surface area contributed by atoms with Gasteiger partial charge >= 0.3 is 0 Å². The maximum absolute atomic E-state index is 10.7. The van der Waals surface area contributed by atoms with Crippen LogP contribution in [-0.2, 0) is 4.79 Å². The molecule has 0 aromatic heterocycles. The molecule has 2 aliphatic rings. The molecule has 0 radical (unpaired) electrons. The minimum Gasteiger partial charge on any atom is -0.303 e. The molecule has 0 atom stereocenters. The van der Waals surface area contributed by atoms with Gasteiger partial charge in [-0.15, -0.1) is 0 Å². The third kappa shape index (κ3) is 1.21. The van der Waals surface area contributed by atoms with Crippen LogP contribution in [0.15, 0.2) is 0 Å². The molecule has 2 saturated carbocycles. The van der Waals surface area contributed by atoms with Crippen LogP contribution in [0.4, 0.5) is 0 Å². The lowest BCUT2D eigenvalue weighted by Crippen LogP contribution is -2.29. The molecule has 0 N–H and O–H groups in total. The summed E-state index contributed by atoms with van der Waals surface area (Å²) >= 11 is 0. The van der Waals surface area contributed by atoms with E-state index in [4.69, 9.17) is 0 Å². The van der Waals surface area contributed by atoms with E-state index in [1.807, 2.05) is 0 Å². The van der Waals surface area contributed by atoms with Gasteiger partial charge in [0.25, 0.3) is 0 Å². The Balaban J connectivity index is 1.93. The summed E-state index contributed by atoms with van der Waals surface area (Å²) in [6.45, 7) is 2.33. The second-order valence-corrected chi connectivity index (χ2v) is 4.82. The molecule has 62 valence electrons. The standard InChI is InChI=1S/C10H16O/c1-9(3-2-4-9)7-10(8-11)5-6-10/h8H,2-7H2,1H3. The molecule has 0 saturated heterocycles. The first-order chi connectivity index (χ1) is 5.18. The number of rotatable bonds is 3. The summed E-state index contributed by atoms with van der Waals surface area (Å²) < 4.78 is 0. The van der Waals surface area contributed by atoms with Crippen molar-refractivity contribution in [3.8, 4) is 0 Å². The lowest BCUT2D eigenvalue weighted by Gasteiger charge is -2.40. The van der Waals surface area contributed by atoms with E-state index in [9.17, 15) is 4.79 Å². The van der Waals surface area contributed by atoms with E-state index in [1.54, 1.807) is 0 Å². The van der Waals surface area contributed by atoms with Crippen molar-refractivity contribution >= 4 is 6.29 Å². The van der Waals surface area contributed by atoms with Crippen LogP contribution in [0.5, 0.6) is 0 Å². The summed E-state index contributed by atoms with van der Waals surface area (Å²) in [7, 11) is 0. The number of hydrogen-bond donors (Lipinski definition) is 0. The zero-order valence-corrected chi connectivity index (χ0v) is 7.23. The van der Waals surface area contributed by atoms with Crippen molar-refractivity contribution in [3.05, 3.63) is 0 Å². The average molecular weight is 152 g/mol. The van der Waals surface area contributed by atoms with Crippen molar-refractivity contribution in [1.82, 2.24) is 0 Å². The molecule has 0 bridgehead atoms. The van der Waals surface area contributed by atoms with Gasteiger partial charge in [0.05, 0.1) is 0 Å². The van der Waals surface area contributed by atoms with Gasteiger partial charge in [0.15, 0.2) is 0 Å². The van der Waals surface area contributed by atoms with E-state index < -0.39 is 0 Å².